The lowest BCUT2D eigenvalue weighted by Gasteiger charge is -2.34. The lowest BCUT2D eigenvalue weighted by Crippen LogP contribution is -2.34. The maximum absolute atomic E-state index is 6.07. The van der Waals surface area contributed by atoms with Gasteiger partial charge in [-0.05, 0) is 49.6 Å². The van der Waals surface area contributed by atoms with Crippen LogP contribution in [0.3, 0.4) is 0 Å². The van der Waals surface area contributed by atoms with Gasteiger partial charge in [0.05, 0.1) is 6.04 Å². The fourth-order valence-electron chi connectivity index (χ4n) is 2.69. The van der Waals surface area contributed by atoms with Gasteiger partial charge < -0.3 is 10.6 Å². The number of benzene rings is 1. The van der Waals surface area contributed by atoms with Gasteiger partial charge in [-0.3, -0.25) is 4.98 Å². The number of likely N-dealkylation sites (N-methyl/N-ethyl adjacent to an activating group) is 1. The first-order valence-electron chi connectivity index (χ1n) is 7.11. The molecule has 0 fully saturated rings. The number of aromatic nitrogens is 1. The highest BCUT2D eigenvalue weighted by Gasteiger charge is 2.21. The molecule has 0 aliphatic heterocycles. The first-order valence-corrected chi connectivity index (χ1v) is 7.11. The number of anilines is 1. The molecule has 1 aromatic carbocycles. The molecule has 20 heavy (non-hydrogen) atoms. The largest absolute Gasteiger partial charge is 0.363 e. The minimum atomic E-state index is 0.162. The Labute approximate surface area is 121 Å². The van der Waals surface area contributed by atoms with Gasteiger partial charge in [-0.25, -0.2) is 0 Å². The van der Waals surface area contributed by atoms with E-state index >= 15 is 0 Å². The number of hydrogen-bond donors (Lipinski definition) is 1. The lowest BCUT2D eigenvalue weighted by molar-refractivity contribution is 0.636. The van der Waals surface area contributed by atoms with Crippen molar-refractivity contribution >= 4 is 5.69 Å². The molecular formula is C17H23N3. The maximum Gasteiger partial charge on any atom is 0.0682 e. The molecule has 1 unspecified atom stereocenters. The van der Waals surface area contributed by atoms with Crippen LogP contribution in [-0.2, 0) is 0 Å². The third-order valence-electron chi connectivity index (χ3n) is 3.80. The average molecular weight is 269 g/mol. The second-order valence-corrected chi connectivity index (χ2v) is 5.06. The summed E-state index contributed by atoms with van der Waals surface area (Å²) in [6.07, 6.45) is 3.77. The number of pyridine rings is 1. The molecule has 0 bridgehead atoms. The van der Waals surface area contributed by atoms with E-state index in [2.05, 4.69) is 54.9 Å². The normalized spacial score (nSPS) is 12.2. The van der Waals surface area contributed by atoms with E-state index in [1.807, 2.05) is 18.5 Å². The van der Waals surface area contributed by atoms with Crippen molar-refractivity contribution in [2.75, 3.05) is 18.0 Å². The van der Waals surface area contributed by atoms with Gasteiger partial charge in [0.15, 0.2) is 0 Å². The van der Waals surface area contributed by atoms with Crippen molar-refractivity contribution < 1.29 is 0 Å². The molecule has 0 aliphatic carbocycles. The fourth-order valence-corrected chi connectivity index (χ4v) is 2.69. The van der Waals surface area contributed by atoms with E-state index in [0.29, 0.717) is 6.54 Å². The van der Waals surface area contributed by atoms with Crippen molar-refractivity contribution in [2.45, 2.75) is 26.8 Å². The van der Waals surface area contributed by atoms with Crippen LogP contribution in [0.5, 0.6) is 0 Å². The number of aryl methyl sites for hydroxylation is 2. The van der Waals surface area contributed by atoms with Crippen LogP contribution in [0.1, 0.15) is 29.7 Å². The number of nitrogens with zero attached hydrogens (tertiary/aromatic N) is 2. The summed E-state index contributed by atoms with van der Waals surface area (Å²) in [4.78, 5) is 6.63. The second kappa shape index (κ2) is 6.53. The van der Waals surface area contributed by atoms with Crippen molar-refractivity contribution in [2.24, 2.45) is 5.73 Å². The van der Waals surface area contributed by atoms with Crippen LogP contribution in [0.4, 0.5) is 5.69 Å². The van der Waals surface area contributed by atoms with Crippen LogP contribution < -0.4 is 10.6 Å². The number of hydrogen-bond acceptors (Lipinski definition) is 3. The fraction of sp³-hybridized carbons (Fsp3) is 0.353. The summed E-state index contributed by atoms with van der Waals surface area (Å²) in [5.74, 6) is 0. The Balaban J connectivity index is 2.44. The molecule has 2 N–H and O–H groups in total. The SMILES string of the molecule is CCN(c1ccccc1C)C(CN)c1cnccc1C. The number of para-hydroxylation sites is 1. The smallest absolute Gasteiger partial charge is 0.0682 e. The molecule has 106 valence electrons. The maximum atomic E-state index is 6.07. The Hall–Kier alpha value is -1.87. The molecule has 0 saturated carbocycles. The van der Waals surface area contributed by atoms with Crippen LogP contribution in [0.15, 0.2) is 42.7 Å². The summed E-state index contributed by atoms with van der Waals surface area (Å²) in [5.41, 5.74) is 11.0. The molecule has 0 aliphatic rings. The summed E-state index contributed by atoms with van der Waals surface area (Å²) < 4.78 is 0. The number of nitrogens with two attached hydrogens (primary N) is 1. The highest BCUT2D eigenvalue weighted by atomic mass is 15.2. The second-order valence-electron chi connectivity index (χ2n) is 5.06. The first-order chi connectivity index (χ1) is 9.69. The molecule has 1 atom stereocenters. The zero-order chi connectivity index (χ0) is 14.5. The van der Waals surface area contributed by atoms with Gasteiger partial charge in [0.25, 0.3) is 0 Å². The van der Waals surface area contributed by atoms with Crippen molar-refractivity contribution in [3.63, 3.8) is 0 Å². The van der Waals surface area contributed by atoms with Gasteiger partial charge in [0.2, 0.25) is 0 Å². The summed E-state index contributed by atoms with van der Waals surface area (Å²) in [6.45, 7) is 7.92. The van der Waals surface area contributed by atoms with Crippen LogP contribution in [-0.4, -0.2) is 18.1 Å². The minimum Gasteiger partial charge on any atom is -0.363 e. The van der Waals surface area contributed by atoms with Gasteiger partial charge in [0, 0.05) is 31.2 Å². The molecule has 0 amide bonds. The Morgan fingerprint density at radius 3 is 2.50 bits per heavy atom. The van der Waals surface area contributed by atoms with E-state index in [1.165, 1.54) is 22.4 Å². The third-order valence-corrected chi connectivity index (χ3v) is 3.80. The molecule has 3 nitrogen and oxygen atoms in total. The standard InChI is InChI=1S/C17H23N3/c1-4-20(16-8-6-5-7-14(16)3)17(11-18)15-12-19-10-9-13(15)2/h5-10,12,17H,4,11,18H2,1-3H3. The summed E-state index contributed by atoms with van der Waals surface area (Å²) in [6, 6.07) is 10.7. The van der Waals surface area contributed by atoms with Crippen LogP contribution in [0, 0.1) is 13.8 Å². The summed E-state index contributed by atoms with van der Waals surface area (Å²) in [7, 11) is 0. The predicted molar refractivity (Wildman–Crippen MR) is 85.0 cm³/mol. The zero-order valence-corrected chi connectivity index (χ0v) is 12.5. The van der Waals surface area contributed by atoms with Crippen molar-refractivity contribution in [1.82, 2.24) is 4.98 Å². The van der Waals surface area contributed by atoms with E-state index in [1.54, 1.807) is 0 Å². The molecule has 2 rings (SSSR count). The molecule has 3 heteroatoms. The average Bonchev–Trinajstić information content (AvgIpc) is 2.47. The Kier molecular flexibility index (Phi) is 4.74. The first kappa shape index (κ1) is 14.5. The predicted octanol–water partition coefficient (Wildman–Crippen LogP) is 3.22. The zero-order valence-electron chi connectivity index (χ0n) is 12.5. The molecule has 2 aromatic rings. The molecule has 0 saturated heterocycles. The third kappa shape index (κ3) is 2.83. The van der Waals surface area contributed by atoms with Gasteiger partial charge in [-0.1, -0.05) is 18.2 Å². The van der Waals surface area contributed by atoms with Crippen molar-refractivity contribution in [1.29, 1.82) is 0 Å². The van der Waals surface area contributed by atoms with E-state index in [9.17, 15) is 0 Å². The summed E-state index contributed by atoms with van der Waals surface area (Å²) >= 11 is 0. The Morgan fingerprint density at radius 2 is 1.90 bits per heavy atom. The molecule has 1 heterocycles. The summed E-state index contributed by atoms with van der Waals surface area (Å²) in [5, 5.41) is 0. The van der Waals surface area contributed by atoms with Crippen molar-refractivity contribution in [3.8, 4) is 0 Å². The van der Waals surface area contributed by atoms with Gasteiger partial charge in [-0.15, -0.1) is 0 Å². The number of rotatable bonds is 5. The van der Waals surface area contributed by atoms with E-state index in [0.717, 1.165) is 6.54 Å². The quantitative estimate of drug-likeness (QED) is 0.906. The van der Waals surface area contributed by atoms with E-state index < -0.39 is 0 Å². The minimum absolute atomic E-state index is 0.162. The molecule has 0 spiro atoms. The molecular weight excluding hydrogens is 246 g/mol. The van der Waals surface area contributed by atoms with E-state index in [4.69, 9.17) is 5.73 Å². The van der Waals surface area contributed by atoms with Gasteiger partial charge >= 0.3 is 0 Å². The van der Waals surface area contributed by atoms with Crippen molar-refractivity contribution in [3.05, 3.63) is 59.4 Å². The van der Waals surface area contributed by atoms with Crippen LogP contribution >= 0.6 is 0 Å². The van der Waals surface area contributed by atoms with Gasteiger partial charge in [-0.2, -0.15) is 0 Å². The molecule has 1 aromatic heterocycles. The molecule has 0 radical (unpaired) electrons. The lowest BCUT2D eigenvalue weighted by atomic mass is 10.0. The Morgan fingerprint density at radius 1 is 1.15 bits per heavy atom. The Bertz CT molecular complexity index is 514. The van der Waals surface area contributed by atoms with Gasteiger partial charge in [0.1, 0.15) is 0 Å². The van der Waals surface area contributed by atoms with Crippen LogP contribution in [0.25, 0.3) is 0 Å². The topological polar surface area (TPSA) is 42.1 Å². The highest BCUT2D eigenvalue weighted by Crippen LogP contribution is 2.29. The van der Waals surface area contributed by atoms with E-state index in [-0.39, 0.29) is 6.04 Å². The monoisotopic (exact) mass is 269 g/mol. The van der Waals surface area contributed by atoms with Crippen LogP contribution in [0.2, 0.25) is 0 Å². The highest BCUT2D eigenvalue weighted by molar-refractivity contribution is 5.55.